The topological polar surface area (TPSA) is 90.0 Å². The summed E-state index contributed by atoms with van der Waals surface area (Å²) in [6, 6.07) is 0. The summed E-state index contributed by atoms with van der Waals surface area (Å²) < 4.78 is 0. The van der Waals surface area contributed by atoms with Crippen LogP contribution in [0, 0.1) is 0 Å². The van der Waals surface area contributed by atoms with E-state index in [1.54, 1.807) is 0 Å². The molecule has 0 bridgehead atoms. The van der Waals surface area contributed by atoms with Gasteiger partial charge in [0.2, 0.25) is 0 Å². The summed E-state index contributed by atoms with van der Waals surface area (Å²) in [6.45, 7) is 0. The zero-order valence-electron chi connectivity index (χ0n) is 2.25. The molecular weight excluding hydrogens is 134 g/mol. The summed E-state index contributed by atoms with van der Waals surface area (Å²) in [6.07, 6.45) is 0. The van der Waals surface area contributed by atoms with Crippen LogP contribution < -0.4 is 0 Å². The number of rotatable bonds is 0. The molecule has 0 aliphatic carbocycles. The van der Waals surface area contributed by atoms with E-state index in [9.17, 15) is 0 Å². The molecule has 3 nitrogen and oxygen atoms in total. The molecule has 0 heterocycles. The van der Waals surface area contributed by atoms with Crippen LogP contribution in [0.15, 0.2) is 0 Å². The van der Waals surface area contributed by atoms with Crippen molar-refractivity contribution in [3.8, 4) is 0 Å². The zero-order chi connectivity index (χ0) is 0. The predicted molar refractivity (Wildman–Crippen MR) is 11.6 cm³/mol. The first-order valence-corrected chi connectivity index (χ1v) is 0. The van der Waals surface area contributed by atoms with Crippen molar-refractivity contribution in [1.82, 2.24) is 0 Å². The van der Waals surface area contributed by atoms with Crippen LogP contribution >= 0.6 is 0 Å². The molecular formula is H3AlCoO3. The average Bonchev–Trinajstić information content (AvgIpc) is 0. The minimum Gasteiger partial charge on any atom is -0.870 e. The van der Waals surface area contributed by atoms with Crippen molar-refractivity contribution in [3.63, 3.8) is 0 Å². The smallest absolute Gasteiger partial charge is 0.870 e. The second kappa shape index (κ2) is 89.5. The van der Waals surface area contributed by atoms with E-state index in [1.807, 2.05) is 0 Å². The minimum absolute atomic E-state index is 0. The van der Waals surface area contributed by atoms with E-state index in [1.165, 1.54) is 0 Å². The van der Waals surface area contributed by atoms with E-state index >= 15 is 0 Å². The fourth-order valence-electron chi connectivity index (χ4n) is 0. The molecule has 0 saturated carbocycles. The third-order valence-electron chi connectivity index (χ3n) is 0. The molecule has 0 fully saturated rings. The van der Waals surface area contributed by atoms with E-state index in [2.05, 4.69) is 0 Å². The Labute approximate surface area is 51.0 Å². The number of hydrogen-bond acceptors (Lipinski definition) is 3. The van der Waals surface area contributed by atoms with Gasteiger partial charge in [0.05, 0.1) is 0 Å². The Morgan fingerprint density at radius 3 is 0.600 bits per heavy atom. The molecule has 0 spiro atoms. The van der Waals surface area contributed by atoms with Crippen molar-refractivity contribution in [2.45, 2.75) is 0 Å². The van der Waals surface area contributed by atoms with Gasteiger partial charge in [0.25, 0.3) is 0 Å². The summed E-state index contributed by atoms with van der Waals surface area (Å²) in [5, 5.41) is 0. The summed E-state index contributed by atoms with van der Waals surface area (Å²) in [7, 11) is 0. The van der Waals surface area contributed by atoms with Crippen molar-refractivity contribution in [1.29, 1.82) is 0 Å². The minimum atomic E-state index is 0. The summed E-state index contributed by atoms with van der Waals surface area (Å²) in [5.74, 6) is 0. The Bertz CT molecular complexity index is 6.85. The molecule has 0 atom stereocenters. The van der Waals surface area contributed by atoms with Crippen LogP contribution in [0.2, 0.25) is 0 Å². The van der Waals surface area contributed by atoms with Gasteiger partial charge in [-0.15, -0.1) is 0 Å². The van der Waals surface area contributed by atoms with Gasteiger partial charge in [0.15, 0.2) is 0 Å². The Balaban J connectivity index is 0. The third kappa shape index (κ3) is 49.6. The quantitative estimate of drug-likeness (QED) is 0.404. The van der Waals surface area contributed by atoms with Crippen LogP contribution in [0.25, 0.3) is 0 Å². The van der Waals surface area contributed by atoms with Gasteiger partial charge in [0.1, 0.15) is 0 Å². The molecule has 1 radical (unpaired) electrons. The fraction of sp³-hybridized carbons (Fsp3) is 0. The first-order chi connectivity index (χ1) is 0. The van der Waals surface area contributed by atoms with Crippen LogP contribution in [0.4, 0.5) is 0 Å². The first-order valence-electron chi connectivity index (χ1n) is 0. The second-order valence-electron chi connectivity index (χ2n) is 0. The van der Waals surface area contributed by atoms with Crippen LogP contribution in [0.5, 0.6) is 0 Å². The molecule has 5 heteroatoms. The maximum absolute atomic E-state index is 0. The molecule has 3 N–H and O–H groups in total. The number of hydrogen-bond donors (Lipinski definition) is 0. The summed E-state index contributed by atoms with van der Waals surface area (Å²) in [4.78, 5) is 0. The second-order valence-corrected chi connectivity index (χ2v) is 0. The van der Waals surface area contributed by atoms with E-state index in [-0.39, 0.29) is 50.6 Å². The largest absolute Gasteiger partial charge is 3.00 e. The zero-order valence-corrected chi connectivity index (χ0v) is 4.45. The van der Waals surface area contributed by atoms with Gasteiger partial charge in [-0.3, -0.25) is 0 Å². The first kappa shape index (κ1) is 170. The molecule has 0 rings (SSSR count). The maximum Gasteiger partial charge on any atom is 3.00 e. The normalized spacial score (nSPS) is 0. The van der Waals surface area contributed by atoms with Gasteiger partial charge in [-0.1, -0.05) is 0 Å². The van der Waals surface area contributed by atoms with Crippen LogP contribution in [0.1, 0.15) is 0 Å². The van der Waals surface area contributed by atoms with Gasteiger partial charge in [0, 0.05) is 16.8 Å². The Kier molecular flexibility index (Phi) is 3030. The Morgan fingerprint density at radius 2 is 0.600 bits per heavy atom. The van der Waals surface area contributed by atoms with E-state index in [4.69, 9.17) is 0 Å². The third-order valence-corrected chi connectivity index (χ3v) is 0. The van der Waals surface area contributed by atoms with Crippen molar-refractivity contribution >= 4 is 17.4 Å². The molecule has 0 aromatic rings. The molecule has 0 unspecified atom stereocenters. The van der Waals surface area contributed by atoms with Crippen molar-refractivity contribution in [2.75, 3.05) is 0 Å². The van der Waals surface area contributed by atoms with E-state index in [0.717, 1.165) is 0 Å². The van der Waals surface area contributed by atoms with Crippen molar-refractivity contribution < 1.29 is 33.2 Å². The van der Waals surface area contributed by atoms with E-state index < -0.39 is 0 Å². The van der Waals surface area contributed by atoms with E-state index in [0.29, 0.717) is 0 Å². The molecule has 0 aromatic carbocycles. The molecule has 5 heavy (non-hydrogen) atoms. The standard InChI is InChI=1S/Al.Co.3H2O/h;;3*1H2/q+3;;;;/p-3. The molecule has 0 aromatic heterocycles. The van der Waals surface area contributed by atoms with Crippen LogP contribution in [-0.2, 0) is 16.8 Å². The van der Waals surface area contributed by atoms with Gasteiger partial charge in [-0.2, -0.15) is 0 Å². The van der Waals surface area contributed by atoms with Gasteiger partial charge < -0.3 is 16.4 Å². The van der Waals surface area contributed by atoms with Crippen molar-refractivity contribution in [3.05, 3.63) is 0 Å². The molecule has 33 valence electrons. The van der Waals surface area contributed by atoms with Crippen LogP contribution in [0.3, 0.4) is 0 Å². The monoisotopic (exact) mass is 137 g/mol. The Hall–Kier alpha value is 0.919. The summed E-state index contributed by atoms with van der Waals surface area (Å²) >= 11 is 0. The molecule has 0 aliphatic heterocycles. The van der Waals surface area contributed by atoms with Gasteiger partial charge in [-0.25, -0.2) is 0 Å². The fourth-order valence-corrected chi connectivity index (χ4v) is 0. The van der Waals surface area contributed by atoms with Gasteiger partial charge >= 0.3 is 17.4 Å². The molecule has 0 aliphatic rings. The Morgan fingerprint density at radius 1 is 0.600 bits per heavy atom. The predicted octanol–water partition coefficient (Wildman–Crippen LogP) is -0.914. The molecule has 0 saturated heterocycles. The van der Waals surface area contributed by atoms with Crippen LogP contribution in [-0.4, -0.2) is 33.8 Å². The van der Waals surface area contributed by atoms with Gasteiger partial charge in [-0.05, 0) is 0 Å². The maximum atomic E-state index is 0. The summed E-state index contributed by atoms with van der Waals surface area (Å²) in [5.41, 5.74) is 0. The molecule has 0 amide bonds. The van der Waals surface area contributed by atoms with Crippen molar-refractivity contribution in [2.24, 2.45) is 0 Å². The SMILES string of the molecule is [Al+3].[Co].[OH-].[OH-].[OH-]. The average molecular weight is 137 g/mol.